The lowest BCUT2D eigenvalue weighted by Gasteiger charge is -2.08. The topological polar surface area (TPSA) is 75.4 Å². The van der Waals surface area contributed by atoms with Crippen molar-refractivity contribution >= 4 is 17.3 Å². The fourth-order valence-electron chi connectivity index (χ4n) is 1.83. The highest BCUT2D eigenvalue weighted by atomic mass is 35.5. The average Bonchev–Trinajstić information content (AvgIpc) is 2.42. The minimum atomic E-state index is -0.427. The number of hydrogen-bond donors (Lipinski definition) is 2. The lowest BCUT2D eigenvalue weighted by molar-refractivity contribution is -0.384. The van der Waals surface area contributed by atoms with Crippen molar-refractivity contribution in [1.82, 2.24) is 5.32 Å². The Bertz CT molecular complexity index is 611. The molecular formula is C14H13ClN2O3. The molecule has 20 heavy (non-hydrogen) atoms. The van der Waals surface area contributed by atoms with Crippen molar-refractivity contribution in [3.05, 3.63) is 68.7 Å². The van der Waals surface area contributed by atoms with Crippen LogP contribution in [-0.2, 0) is 13.1 Å². The highest BCUT2D eigenvalue weighted by Crippen LogP contribution is 2.24. The Kier molecular flexibility index (Phi) is 4.55. The van der Waals surface area contributed by atoms with E-state index in [-0.39, 0.29) is 11.4 Å². The summed E-state index contributed by atoms with van der Waals surface area (Å²) in [5.74, 6) is 0.129. The van der Waals surface area contributed by atoms with Crippen LogP contribution in [0.2, 0.25) is 5.02 Å². The van der Waals surface area contributed by atoms with Gasteiger partial charge in [0.2, 0.25) is 0 Å². The first-order valence-corrected chi connectivity index (χ1v) is 6.36. The van der Waals surface area contributed by atoms with Gasteiger partial charge < -0.3 is 10.4 Å². The van der Waals surface area contributed by atoms with E-state index in [2.05, 4.69) is 5.32 Å². The number of aromatic hydroxyl groups is 1. The van der Waals surface area contributed by atoms with Gasteiger partial charge in [-0.1, -0.05) is 29.8 Å². The van der Waals surface area contributed by atoms with E-state index in [0.717, 1.165) is 5.56 Å². The van der Waals surface area contributed by atoms with E-state index in [1.54, 1.807) is 30.3 Å². The van der Waals surface area contributed by atoms with E-state index in [9.17, 15) is 15.2 Å². The minimum Gasteiger partial charge on any atom is -0.508 e. The molecule has 0 fully saturated rings. The summed E-state index contributed by atoms with van der Waals surface area (Å²) in [6.07, 6.45) is 0. The second kappa shape index (κ2) is 6.36. The highest BCUT2D eigenvalue weighted by Gasteiger charge is 2.07. The Hall–Kier alpha value is -2.11. The molecule has 0 amide bonds. The van der Waals surface area contributed by atoms with E-state index >= 15 is 0 Å². The number of benzene rings is 2. The predicted octanol–water partition coefficient (Wildman–Crippen LogP) is 3.24. The summed E-state index contributed by atoms with van der Waals surface area (Å²) < 4.78 is 0. The monoisotopic (exact) mass is 292 g/mol. The molecular weight excluding hydrogens is 280 g/mol. The van der Waals surface area contributed by atoms with Crippen molar-refractivity contribution in [3.8, 4) is 5.75 Å². The first kappa shape index (κ1) is 14.3. The number of halogens is 1. The van der Waals surface area contributed by atoms with Crippen LogP contribution >= 0.6 is 11.6 Å². The number of nitrogens with zero attached hydrogens (tertiary/aromatic N) is 1. The van der Waals surface area contributed by atoms with Gasteiger partial charge in [0.25, 0.3) is 5.69 Å². The van der Waals surface area contributed by atoms with Gasteiger partial charge in [0.1, 0.15) is 5.75 Å². The molecule has 0 unspecified atom stereocenters. The molecule has 2 aromatic rings. The molecule has 2 N–H and O–H groups in total. The standard InChI is InChI=1S/C14H13ClN2O3/c15-13-5-2-6-14(18)12(13)9-16-8-10-3-1-4-11(7-10)17(19)20/h1-7,16,18H,8-9H2. The van der Waals surface area contributed by atoms with Gasteiger partial charge in [-0.05, 0) is 17.7 Å². The number of phenolic OH excluding ortho intramolecular Hbond substituents is 1. The van der Waals surface area contributed by atoms with Crippen LogP contribution in [0.15, 0.2) is 42.5 Å². The van der Waals surface area contributed by atoms with Gasteiger partial charge in [-0.15, -0.1) is 0 Å². The van der Waals surface area contributed by atoms with Crippen LogP contribution in [0.25, 0.3) is 0 Å². The maximum absolute atomic E-state index is 10.7. The molecule has 0 aromatic heterocycles. The summed E-state index contributed by atoms with van der Waals surface area (Å²) >= 11 is 5.99. The molecule has 2 aromatic carbocycles. The normalized spacial score (nSPS) is 10.4. The average molecular weight is 293 g/mol. The van der Waals surface area contributed by atoms with Crippen molar-refractivity contribution in [2.75, 3.05) is 0 Å². The van der Waals surface area contributed by atoms with Gasteiger partial charge >= 0.3 is 0 Å². The van der Waals surface area contributed by atoms with Gasteiger partial charge in [-0.3, -0.25) is 10.1 Å². The number of non-ortho nitro benzene ring substituents is 1. The summed E-state index contributed by atoms with van der Waals surface area (Å²) in [5, 5.41) is 23.9. The molecule has 0 radical (unpaired) electrons. The number of nitro groups is 1. The lowest BCUT2D eigenvalue weighted by Crippen LogP contribution is -2.13. The Morgan fingerprint density at radius 2 is 1.95 bits per heavy atom. The smallest absolute Gasteiger partial charge is 0.269 e. The zero-order valence-electron chi connectivity index (χ0n) is 10.5. The summed E-state index contributed by atoms with van der Waals surface area (Å²) in [6.45, 7) is 0.834. The number of phenols is 1. The molecule has 6 heteroatoms. The molecule has 5 nitrogen and oxygen atoms in total. The summed E-state index contributed by atoms with van der Waals surface area (Å²) in [4.78, 5) is 10.2. The van der Waals surface area contributed by atoms with Gasteiger partial charge in [0.05, 0.1) is 4.92 Å². The zero-order valence-corrected chi connectivity index (χ0v) is 11.3. The molecule has 0 spiro atoms. The van der Waals surface area contributed by atoms with E-state index in [4.69, 9.17) is 11.6 Å². The SMILES string of the molecule is O=[N+]([O-])c1cccc(CNCc2c(O)cccc2Cl)c1. The fourth-order valence-corrected chi connectivity index (χ4v) is 2.07. The molecule has 0 aliphatic rings. The number of nitro benzene ring substituents is 1. The third-order valence-electron chi connectivity index (χ3n) is 2.85. The molecule has 0 heterocycles. The summed E-state index contributed by atoms with van der Waals surface area (Å²) in [5.41, 5.74) is 1.47. The summed E-state index contributed by atoms with van der Waals surface area (Å²) in [6, 6.07) is 11.3. The van der Waals surface area contributed by atoms with Crippen molar-refractivity contribution in [3.63, 3.8) is 0 Å². The second-order valence-corrected chi connectivity index (χ2v) is 4.68. The molecule has 0 aliphatic heterocycles. The highest BCUT2D eigenvalue weighted by molar-refractivity contribution is 6.31. The van der Waals surface area contributed by atoms with E-state index in [1.165, 1.54) is 12.1 Å². The van der Waals surface area contributed by atoms with Crippen LogP contribution in [0, 0.1) is 10.1 Å². The van der Waals surface area contributed by atoms with Crippen molar-refractivity contribution in [2.24, 2.45) is 0 Å². The first-order valence-electron chi connectivity index (χ1n) is 5.98. The Labute approximate surface area is 121 Å². The molecule has 0 saturated heterocycles. The van der Waals surface area contributed by atoms with Gasteiger partial charge in [-0.25, -0.2) is 0 Å². The van der Waals surface area contributed by atoms with E-state index in [0.29, 0.717) is 23.7 Å². The van der Waals surface area contributed by atoms with Crippen molar-refractivity contribution in [2.45, 2.75) is 13.1 Å². The van der Waals surface area contributed by atoms with Crippen LogP contribution in [0.5, 0.6) is 5.75 Å². The molecule has 104 valence electrons. The Morgan fingerprint density at radius 1 is 1.20 bits per heavy atom. The van der Waals surface area contributed by atoms with Crippen LogP contribution < -0.4 is 5.32 Å². The second-order valence-electron chi connectivity index (χ2n) is 4.27. The Morgan fingerprint density at radius 3 is 2.65 bits per heavy atom. The third-order valence-corrected chi connectivity index (χ3v) is 3.20. The predicted molar refractivity (Wildman–Crippen MR) is 76.8 cm³/mol. The van der Waals surface area contributed by atoms with Crippen LogP contribution in [-0.4, -0.2) is 10.0 Å². The zero-order chi connectivity index (χ0) is 14.5. The number of nitrogens with one attached hydrogen (secondary N) is 1. The minimum absolute atomic E-state index is 0.0601. The Balaban J connectivity index is 1.99. The molecule has 0 saturated carbocycles. The summed E-state index contributed by atoms with van der Waals surface area (Å²) in [7, 11) is 0. The maximum atomic E-state index is 10.7. The van der Waals surface area contributed by atoms with Crippen LogP contribution in [0.1, 0.15) is 11.1 Å². The molecule has 2 rings (SSSR count). The van der Waals surface area contributed by atoms with Gasteiger partial charge in [-0.2, -0.15) is 0 Å². The first-order chi connectivity index (χ1) is 9.58. The number of rotatable bonds is 5. The third kappa shape index (κ3) is 3.46. The van der Waals surface area contributed by atoms with Crippen molar-refractivity contribution < 1.29 is 10.0 Å². The van der Waals surface area contributed by atoms with Gasteiger partial charge in [0.15, 0.2) is 0 Å². The quantitative estimate of drug-likeness (QED) is 0.655. The maximum Gasteiger partial charge on any atom is 0.269 e. The van der Waals surface area contributed by atoms with Gasteiger partial charge in [0, 0.05) is 35.8 Å². The van der Waals surface area contributed by atoms with Crippen molar-refractivity contribution in [1.29, 1.82) is 0 Å². The van der Waals surface area contributed by atoms with E-state index in [1.807, 2.05) is 0 Å². The molecule has 0 bridgehead atoms. The largest absolute Gasteiger partial charge is 0.508 e. The molecule has 0 aliphatic carbocycles. The lowest BCUT2D eigenvalue weighted by atomic mass is 10.1. The van der Waals surface area contributed by atoms with Crippen LogP contribution in [0.4, 0.5) is 5.69 Å². The fraction of sp³-hybridized carbons (Fsp3) is 0.143. The molecule has 0 atom stereocenters. The number of hydrogen-bond acceptors (Lipinski definition) is 4. The van der Waals surface area contributed by atoms with E-state index < -0.39 is 4.92 Å². The van der Waals surface area contributed by atoms with Crippen LogP contribution in [0.3, 0.4) is 0 Å².